The fourth-order valence-electron chi connectivity index (χ4n) is 2.57. The zero-order valence-corrected chi connectivity index (χ0v) is 17.1. The molecule has 0 bridgehead atoms. The van der Waals surface area contributed by atoms with Crippen LogP contribution in [0.3, 0.4) is 0 Å². The molecule has 0 fully saturated rings. The highest BCUT2D eigenvalue weighted by atomic mass is 35.5. The lowest BCUT2D eigenvalue weighted by Gasteiger charge is -2.23. The number of hydrogen-bond acceptors (Lipinski definition) is 0. The third-order valence-electron chi connectivity index (χ3n) is 4.03. The van der Waals surface area contributed by atoms with Crippen LogP contribution in [-0.4, -0.2) is 32.2 Å². The average molecular weight is 344 g/mol. The van der Waals surface area contributed by atoms with Crippen molar-refractivity contribution in [1.29, 1.82) is 0 Å². The molecule has 0 aromatic carbocycles. The quantitative estimate of drug-likeness (QED) is 0.242. The predicted octanol–water partition coefficient (Wildman–Crippen LogP) is 3.51. The second-order valence-electron chi connectivity index (χ2n) is 7.60. The minimum Gasteiger partial charge on any atom is -1.00 e. The van der Waals surface area contributed by atoms with E-state index in [9.17, 15) is 0 Å². The molecular weight excluding hydrogens is 302 g/mol. The van der Waals surface area contributed by atoms with E-state index in [1.807, 2.05) is 0 Å². The Morgan fingerprint density at radius 1 is 0.609 bits per heavy atom. The van der Waals surface area contributed by atoms with Crippen molar-refractivity contribution in [2.24, 2.45) is 0 Å². The van der Waals surface area contributed by atoms with Crippen molar-refractivity contribution in [3.63, 3.8) is 0 Å². The normalized spacial score (nSPS) is 12.2. The van der Waals surface area contributed by atoms with Gasteiger partial charge in [0.25, 0.3) is 0 Å². The molecule has 0 radical (unpaired) electrons. The first-order valence-corrected chi connectivity index (χ1v) is 9.66. The van der Waals surface area contributed by atoms with Crippen LogP contribution in [0.1, 0.15) is 84.0 Å². The van der Waals surface area contributed by atoms with E-state index in [0.29, 0.717) is 0 Å². The van der Waals surface area contributed by atoms with E-state index in [4.69, 9.17) is 0 Å². The van der Waals surface area contributed by atoms with Crippen LogP contribution in [0, 0.1) is 0 Å². The Kier molecular flexibility index (Phi) is 19.6. The van der Waals surface area contributed by atoms with Gasteiger partial charge >= 0.3 is 0 Å². The fourth-order valence-corrected chi connectivity index (χ4v) is 2.57. The monoisotopic (exact) mass is 343 g/mol. The van der Waals surface area contributed by atoms with Crippen molar-refractivity contribution in [2.75, 3.05) is 27.7 Å². The molecule has 0 N–H and O–H groups in total. The summed E-state index contributed by atoms with van der Waals surface area (Å²) in [6.07, 6.45) is 25.5. The molecule has 0 aromatic heterocycles. The van der Waals surface area contributed by atoms with Crippen molar-refractivity contribution in [1.82, 2.24) is 0 Å². The Hall–Kier alpha value is -0.270. The van der Waals surface area contributed by atoms with Gasteiger partial charge in [0.2, 0.25) is 0 Å². The van der Waals surface area contributed by atoms with Gasteiger partial charge in [-0.25, -0.2) is 0 Å². The van der Waals surface area contributed by atoms with E-state index in [1.54, 1.807) is 0 Å². The maximum absolute atomic E-state index is 2.37. The van der Waals surface area contributed by atoms with Gasteiger partial charge in [-0.15, -0.1) is 0 Å². The van der Waals surface area contributed by atoms with Crippen molar-refractivity contribution >= 4 is 0 Å². The highest BCUT2D eigenvalue weighted by molar-refractivity contribution is 4.92. The molecule has 0 saturated carbocycles. The maximum atomic E-state index is 2.37. The fraction of sp³-hybridized carbons (Fsp3) is 0.810. The third-order valence-corrected chi connectivity index (χ3v) is 4.03. The van der Waals surface area contributed by atoms with E-state index in [0.717, 1.165) is 10.9 Å². The van der Waals surface area contributed by atoms with Gasteiger partial charge in [-0.05, 0) is 44.9 Å². The number of halogens is 1. The molecule has 0 rings (SSSR count). The van der Waals surface area contributed by atoms with Gasteiger partial charge in [0.15, 0.2) is 0 Å². The van der Waals surface area contributed by atoms with Gasteiger partial charge in [0.1, 0.15) is 0 Å². The molecule has 0 saturated heterocycles. The summed E-state index contributed by atoms with van der Waals surface area (Å²) in [5.41, 5.74) is 0. The van der Waals surface area contributed by atoms with Crippen molar-refractivity contribution < 1.29 is 16.9 Å². The topological polar surface area (TPSA) is 0 Å². The SMILES string of the molecule is CCCCC/C=C\C/C=C\CCCCCCCC[N+](C)(C)C.[Cl-]. The second kappa shape index (κ2) is 18.1. The highest BCUT2D eigenvalue weighted by Gasteiger charge is 2.04. The molecule has 138 valence electrons. The lowest BCUT2D eigenvalue weighted by Crippen LogP contribution is -3.00. The van der Waals surface area contributed by atoms with E-state index in [-0.39, 0.29) is 12.4 Å². The predicted molar refractivity (Wildman–Crippen MR) is 102 cm³/mol. The zero-order valence-electron chi connectivity index (χ0n) is 16.3. The van der Waals surface area contributed by atoms with Gasteiger partial charge in [-0.2, -0.15) is 0 Å². The van der Waals surface area contributed by atoms with Crippen molar-refractivity contribution in [3.8, 4) is 0 Å². The first kappa shape index (κ1) is 25.0. The molecule has 0 atom stereocenters. The Morgan fingerprint density at radius 3 is 1.61 bits per heavy atom. The van der Waals surface area contributed by atoms with E-state index in [1.165, 1.54) is 77.2 Å². The molecule has 0 aliphatic rings. The third kappa shape index (κ3) is 24.1. The number of quaternary nitrogens is 1. The summed E-state index contributed by atoms with van der Waals surface area (Å²) in [6.45, 7) is 3.58. The van der Waals surface area contributed by atoms with E-state index < -0.39 is 0 Å². The Labute approximate surface area is 153 Å². The molecule has 1 nitrogen and oxygen atoms in total. The first-order chi connectivity index (χ1) is 10.6. The lowest BCUT2D eigenvalue weighted by molar-refractivity contribution is -0.870. The summed E-state index contributed by atoms with van der Waals surface area (Å²) in [5.74, 6) is 0. The van der Waals surface area contributed by atoms with Crippen LogP contribution in [0.2, 0.25) is 0 Å². The van der Waals surface area contributed by atoms with Gasteiger partial charge < -0.3 is 16.9 Å². The van der Waals surface area contributed by atoms with Gasteiger partial charge in [-0.3, -0.25) is 0 Å². The smallest absolute Gasteiger partial charge is 0.0780 e. The summed E-state index contributed by atoms with van der Waals surface area (Å²) in [6, 6.07) is 0. The van der Waals surface area contributed by atoms with Crippen molar-refractivity contribution in [3.05, 3.63) is 24.3 Å². The molecule has 23 heavy (non-hydrogen) atoms. The van der Waals surface area contributed by atoms with Gasteiger partial charge in [-0.1, -0.05) is 63.3 Å². The van der Waals surface area contributed by atoms with Gasteiger partial charge in [0.05, 0.1) is 27.7 Å². The van der Waals surface area contributed by atoms with Crippen LogP contribution < -0.4 is 12.4 Å². The number of hydrogen-bond donors (Lipinski definition) is 0. The van der Waals surface area contributed by atoms with E-state index >= 15 is 0 Å². The molecule has 2 heteroatoms. The Balaban J connectivity index is 0. The van der Waals surface area contributed by atoms with E-state index in [2.05, 4.69) is 52.4 Å². The van der Waals surface area contributed by atoms with Crippen LogP contribution >= 0.6 is 0 Å². The Bertz CT molecular complexity index is 276. The summed E-state index contributed by atoms with van der Waals surface area (Å²) in [7, 11) is 6.85. The Morgan fingerprint density at radius 2 is 1.09 bits per heavy atom. The summed E-state index contributed by atoms with van der Waals surface area (Å²) in [4.78, 5) is 0. The van der Waals surface area contributed by atoms with Gasteiger partial charge in [0, 0.05) is 0 Å². The zero-order chi connectivity index (χ0) is 16.5. The number of allylic oxidation sites excluding steroid dienone is 4. The first-order valence-electron chi connectivity index (χ1n) is 9.66. The molecule has 0 aromatic rings. The molecule has 0 heterocycles. The van der Waals surface area contributed by atoms with Crippen LogP contribution in [0.5, 0.6) is 0 Å². The number of rotatable bonds is 15. The summed E-state index contributed by atoms with van der Waals surface area (Å²) < 4.78 is 1.11. The molecular formula is C21H42ClN. The average Bonchev–Trinajstić information content (AvgIpc) is 2.45. The maximum Gasteiger partial charge on any atom is 0.0780 e. The summed E-state index contributed by atoms with van der Waals surface area (Å²) in [5, 5.41) is 0. The standard InChI is InChI=1S/C21H42N.ClH/c1-5-6-7-8-9-10-11-12-13-14-15-16-17-18-19-20-21-22(2,3)4;/h9-10,12-13H,5-8,11,14-21H2,1-4H3;1H/q+1;/p-1/b10-9-,13-12-;. The molecule has 0 spiro atoms. The number of unbranched alkanes of at least 4 members (excludes halogenated alkanes) is 9. The molecule has 0 aliphatic heterocycles. The molecule has 0 unspecified atom stereocenters. The van der Waals surface area contributed by atoms with Crippen molar-refractivity contribution in [2.45, 2.75) is 84.0 Å². The largest absolute Gasteiger partial charge is 1.00 e. The lowest BCUT2D eigenvalue weighted by atomic mass is 10.1. The second-order valence-corrected chi connectivity index (χ2v) is 7.60. The number of nitrogens with zero attached hydrogens (tertiary/aromatic N) is 1. The minimum absolute atomic E-state index is 0. The van der Waals surface area contributed by atoms with Crippen LogP contribution in [0.4, 0.5) is 0 Å². The van der Waals surface area contributed by atoms with Crippen LogP contribution in [-0.2, 0) is 0 Å². The molecule has 0 aliphatic carbocycles. The molecule has 0 amide bonds. The minimum atomic E-state index is 0. The van der Waals surface area contributed by atoms with Crippen LogP contribution in [0.15, 0.2) is 24.3 Å². The van der Waals surface area contributed by atoms with Crippen LogP contribution in [0.25, 0.3) is 0 Å². The highest BCUT2D eigenvalue weighted by Crippen LogP contribution is 2.09. The summed E-state index contributed by atoms with van der Waals surface area (Å²) >= 11 is 0.